The Morgan fingerprint density at radius 3 is 2.21 bits per heavy atom. The smallest absolute Gasteiger partial charge is 0.224 e. The van der Waals surface area contributed by atoms with Crippen LogP contribution in [-0.2, 0) is 4.79 Å². The van der Waals surface area contributed by atoms with Gasteiger partial charge in [0.25, 0.3) is 0 Å². The van der Waals surface area contributed by atoms with Gasteiger partial charge in [-0.1, -0.05) is 34.6 Å². The number of carbonyl (C=O) groups excluding carboxylic acids is 1. The van der Waals surface area contributed by atoms with Gasteiger partial charge in [0.15, 0.2) is 0 Å². The lowest BCUT2D eigenvalue weighted by atomic mass is 9.75. The molecule has 1 aliphatic rings. The fraction of sp³-hybridized carbons (Fsp3) is 0.938. The molecular weight excluding hydrogens is 236 g/mol. The molecule has 112 valence electrons. The topological polar surface area (TPSA) is 46.3 Å². The van der Waals surface area contributed by atoms with E-state index in [9.17, 15) is 4.79 Å². The van der Waals surface area contributed by atoms with E-state index >= 15 is 0 Å². The fourth-order valence-electron chi connectivity index (χ4n) is 2.61. The van der Waals surface area contributed by atoms with E-state index in [0.29, 0.717) is 17.9 Å². The Morgan fingerprint density at radius 1 is 1.32 bits per heavy atom. The molecule has 19 heavy (non-hydrogen) atoms. The first-order valence-corrected chi connectivity index (χ1v) is 7.54. The average molecular weight is 268 g/mol. The Labute approximate surface area is 118 Å². The van der Waals surface area contributed by atoms with Gasteiger partial charge >= 0.3 is 0 Å². The summed E-state index contributed by atoms with van der Waals surface area (Å²) in [7, 11) is 1.95. The van der Waals surface area contributed by atoms with Crippen molar-refractivity contribution < 1.29 is 4.79 Å². The second kappa shape index (κ2) is 5.82. The molecule has 1 atom stereocenters. The summed E-state index contributed by atoms with van der Waals surface area (Å²) in [5.41, 5.74) is 6.55. The summed E-state index contributed by atoms with van der Waals surface area (Å²) in [5.74, 6) is 0.201. The Bertz CT molecular complexity index is 307. The molecule has 1 aliphatic carbocycles. The monoisotopic (exact) mass is 268 g/mol. The first-order chi connectivity index (χ1) is 8.53. The molecule has 3 nitrogen and oxygen atoms in total. The summed E-state index contributed by atoms with van der Waals surface area (Å²) in [6, 6.07) is 0.343. The Kier molecular flexibility index (Phi) is 5.05. The van der Waals surface area contributed by atoms with E-state index < -0.39 is 0 Å². The molecule has 3 heteroatoms. The normalized spacial score (nSPS) is 22.1. The van der Waals surface area contributed by atoms with E-state index in [1.165, 1.54) is 12.8 Å². The molecule has 0 aliphatic heterocycles. The number of carbonyl (C=O) groups is 1. The highest BCUT2D eigenvalue weighted by Crippen LogP contribution is 2.36. The van der Waals surface area contributed by atoms with E-state index in [0.717, 1.165) is 12.8 Å². The molecule has 0 heterocycles. The molecule has 0 aromatic heterocycles. The van der Waals surface area contributed by atoms with Crippen molar-refractivity contribution in [3.8, 4) is 0 Å². The summed E-state index contributed by atoms with van der Waals surface area (Å²) >= 11 is 0. The van der Waals surface area contributed by atoms with Gasteiger partial charge < -0.3 is 10.6 Å². The van der Waals surface area contributed by atoms with Gasteiger partial charge in [-0.2, -0.15) is 0 Å². The van der Waals surface area contributed by atoms with Crippen LogP contribution in [-0.4, -0.2) is 29.9 Å². The van der Waals surface area contributed by atoms with Gasteiger partial charge in [0, 0.05) is 25.6 Å². The predicted molar refractivity (Wildman–Crippen MR) is 80.9 cm³/mol. The van der Waals surface area contributed by atoms with Crippen LogP contribution in [0, 0.1) is 10.8 Å². The van der Waals surface area contributed by atoms with Gasteiger partial charge in [0.1, 0.15) is 0 Å². The van der Waals surface area contributed by atoms with Crippen LogP contribution >= 0.6 is 0 Å². The summed E-state index contributed by atoms with van der Waals surface area (Å²) in [5, 5.41) is 0. The maximum absolute atomic E-state index is 12.3. The third-order valence-electron chi connectivity index (χ3n) is 4.76. The number of nitrogens with zero attached hydrogens (tertiary/aromatic N) is 1. The van der Waals surface area contributed by atoms with Gasteiger partial charge in [-0.3, -0.25) is 4.79 Å². The van der Waals surface area contributed by atoms with Gasteiger partial charge in [-0.25, -0.2) is 0 Å². The molecule has 0 saturated heterocycles. The SMILES string of the molecule is CN(C(=O)CC(N)C(C)(C)C)C1CCC(C)(C)CC1. The molecule has 0 aromatic rings. The Balaban J connectivity index is 2.50. The van der Waals surface area contributed by atoms with Crippen molar-refractivity contribution in [1.29, 1.82) is 0 Å². The van der Waals surface area contributed by atoms with Crippen LogP contribution in [0.5, 0.6) is 0 Å². The molecule has 0 aromatic carbocycles. The highest BCUT2D eigenvalue weighted by atomic mass is 16.2. The highest BCUT2D eigenvalue weighted by molar-refractivity contribution is 5.77. The van der Waals surface area contributed by atoms with E-state index in [2.05, 4.69) is 34.6 Å². The summed E-state index contributed by atoms with van der Waals surface area (Å²) in [4.78, 5) is 14.3. The molecular formula is C16H32N2O. The van der Waals surface area contributed by atoms with Gasteiger partial charge in [0.2, 0.25) is 5.91 Å². The number of hydrogen-bond donors (Lipinski definition) is 1. The van der Waals surface area contributed by atoms with E-state index in [4.69, 9.17) is 5.73 Å². The van der Waals surface area contributed by atoms with Crippen LogP contribution in [0.3, 0.4) is 0 Å². The number of amides is 1. The lowest BCUT2D eigenvalue weighted by Gasteiger charge is -2.39. The van der Waals surface area contributed by atoms with Crippen molar-refractivity contribution in [2.24, 2.45) is 16.6 Å². The van der Waals surface area contributed by atoms with Crippen LogP contribution in [0.1, 0.15) is 66.7 Å². The average Bonchev–Trinajstić information content (AvgIpc) is 2.26. The quantitative estimate of drug-likeness (QED) is 0.854. The molecule has 0 bridgehead atoms. The van der Waals surface area contributed by atoms with Crippen LogP contribution in [0.25, 0.3) is 0 Å². The van der Waals surface area contributed by atoms with Crippen molar-refractivity contribution in [3.63, 3.8) is 0 Å². The maximum Gasteiger partial charge on any atom is 0.224 e. The Hall–Kier alpha value is -0.570. The summed E-state index contributed by atoms with van der Waals surface area (Å²) < 4.78 is 0. The molecule has 1 fully saturated rings. The number of rotatable bonds is 3. The fourth-order valence-corrected chi connectivity index (χ4v) is 2.61. The lowest BCUT2D eigenvalue weighted by molar-refractivity contribution is -0.133. The molecule has 1 rings (SSSR count). The van der Waals surface area contributed by atoms with Crippen molar-refractivity contribution in [2.45, 2.75) is 78.8 Å². The van der Waals surface area contributed by atoms with Crippen molar-refractivity contribution in [1.82, 2.24) is 4.90 Å². The zero-order valence-electron chi connectivity index (χ0n) is 13.6. The molecule has 0 spiro atoms. The standard InChI is InChI=1S/C16H32N2O/c1-15(2,3)13(17)11-14(19)18(6)12-7-9-16(4,5)10-8-12/h12-13H,7-11,17H2,1-6H3. The van der Waals surface area contributed by atoms with Crippen LogP contribution in [0.2, 0.25) is 0 Å². The maximum atomic E-state index is 12.3. The minimum atomic E-state index is -0.0671. The minimum absolute atomic E-state index is 0.00887. The highest BCUT2D eigenvalue weighted by Gasteiger charge is 2.32. The third-order valence-corrected chi connectivity index (χ3v) is 4.76. The molecule has 1 amide bonds. The second-order valence-electron chi connectivity index (χ2n) is 8.08. The molecule has 1 unspecified atom stereocenters. The molecule has 2 N–H and O–H groups in total. The van der Waals surface area contributed by atoms with Gasteiger partial charge in [-0.15, -0.1) is 0 Å². The van der Waals surface area contributed by atoms with E-state index in [-0.39, 0.29) is 17.4 Å². The van der Waals surface area contributed by atoms with Crippen LogP contribution in [0.15, 0.2) is 0 Å². The second-order valence-corrected chi connectivity index (χ2v) is 8.08. The summed E-state index contributed by atoms with van der Waals surface area (Å²) in [6.45, 7) is 10.9. The first kappa shape index (κ1) is 16.5. The Morgan fingerprint density at radius 2 is 1.79 bits per heavy atom. The van der Waals surface area contributed by atoms with Gasteiger partial charge in [-0.05, 0) is 36.5 Å². The predicted octanol–water partition coefficient (Wildman–Crippen LogP) is 3.18. The minimum Gasteiger partial charge on any atom is -0.343 e. The van der Waals surface area contributed by atoms with E-state index in [1.54, 1.807) is 0 Å². The molecule has 0 radical (unpaired) electrons. The van der Waals surface area contributed by atoms with Crippen molar-refractivity contribution in [3.05, 3.63) is 0 Å². The molecule has 1 saturated carbocycles. The first-order valence-electron chi connectivity index (χ1n) is 7.54. The number of hydrogen-bond acceptors (Lipinski definition) is 2. The third kappa shape index (κ3) is 4.79. The largest absolute Gasteiger partial charge is 0.343 e. The lowest BCUT2D eigenvalue weighted by Crippen LogP contribution is -2.45. The number of nitrogens with two attached hydrogens (primary N) is 1. The van der Waals surface area contributed by atoms with Gasteiger partial charge in [0.05, 0.1) is 0 Å². The zero-order valence-corrected chi connectivity index (χ0v) is 13.6. The van der Waals surface area contributed by atoms with Crippen molar-refractivity contribution >= 4 is 5.91 Å². The van der Waals surface area contributed by atoms with Crippen LogP contribution in [0.4, 0.5) is 0 Å². The van der Waals surface area contributed by atoms with Crippen LogP contribution < -0.4 is 5.73 Å². The summed E-state index contributed by atoms with van der Waals surface area (Å²) in [6.07, 6.45) is 5.13. The van der Waals surface area contributed by atoms with E-state index in [1.807, 2.05) is 11.9 Å². The van der Waals surface area contributed by atoms with Crippen molar-refractivity contribution in [2.75, 3.05) is 7.05 Å². The zero-order chi connectivity index (χ0) is 14.8.